The van der Waals surface area contributed by atoms with Gasteiger partial charge in [-0.15, -0.1) is 0 Å². The lowest BCUT2D eigenvalue weighted by atomic mass is 9.98. The van der Waals surface area contributed by atoms with Gasteiger partial charge in [0.2, 0.25) is 0 Å². The van der Waals surface area contributed by atoms with Gasteiger partial charge in [0.25, 0.3) is 0 Å². The second kappa shape index (κ2) is 9.92. The van der Waals surface area contributed by atoms with Crippen LogP contribution in [0.15, 0.2) is 66.7 Å². The Balaban J connectivity index is 1.41. The third-order valence-electron chi connectivity index (χ3n) is 5.39. The lowest BCUT2D eigenvalue weighted by Gasteiger charge is -2.22. The summed E-state index contributed by atoms with van der Waals surface area (Å²) in [5.74, 6) is -1.70. The fourth-order valence-corrected chi connectivity index (χ4v) is 4.18. The Morgan fingerprint density at radius 1 is 1.00 bits per heavy atom. The molecule has 0 radical (unpaired) electrons. The highest BCUT2D eigenvalue weighted by atomic mass is 35.5. The first-order valence-electron chi connectivity index (χ1n) is 10.3. The molecule has 0 saturated carbocycles. The summed E-state index contributed by atoms with van der Waals surface area (Å²) in [5.41, 5.74) is 4.31. The Morgan fingerprint density at radius 2 is 1.64 bits per heavy atom. The van der Waals surface area contributed by atoms with Crippen LogP contribution in [-0.4, -0.2) is 48.4 Å². The van der Waals surface area contributed by atoms with E-state index in [-0.39, 0.29) is 36.4 Å². The SMILES string of the molecule is O=C(O)CN(CCOc1cc(F)cc(Cl)c1)C(=O)OCC1c2ccccc2-c2ccccc21. The van der Waals surface area contributed by atoms with Gasteiger partial charge in [-0.05, 0) is 34.4 Å². The van der Waals surface area contributed by atoms with Crippen molar-refractivity contribution in [2.45, 2.75) is 5.92 Å². The molecule has 3 aromatic carbocycles. The summed E-state index contributed by atoms with van der Waals surface area (Å²) in [7, 11) is 0. The number of hydrogen-bond acceptors (Lipinski definition) is 4. The number of hydrogen-bond donors (Lipinski definition) is 1. The van der Waals surface area contributed by atoms with Crippen LogP contribution in [0.1, 0.15) is 17.0 Å². The Bertz CT molecular complexity index is 1120. The first-order valence-corrected chi connectivity index (χ1v) is 10.7. The number of carboxylic acid groups (broad SMARTS) is 1. The zero-order valence-corrected chi connectivity index (χ0v) is 18.3. The number of ether oxygens (including phenoxy) is 2. The monoisotopic (exact) mass is 469 g/mol. The average Bonchev–Trinajstić information content (AvgIpc) is 3.10. The molecule has 0 saturated heterocycles. The Labute approximate surface area is 195 Å². The third-order valence-corrected chi connectivity index (χ3v) is 5.60. The molecule has 6 nitrogen and oxygen atoms in total. The maximum atomic E-state index is 13.4. The number of carbonyl (C=O) groups is 2. The van der Waals surface area contributed by atoms with Crippen LogP contribution < -0.4 is 4.74 Å². The van der Waals surface area contributed by atoms with E-state index in [1.165, 1.54) is 6.07 Å². The van der Waals surface area contributed by atoms with Crippen molar-refractivity contribution in [1.29, 1.82) is 0 Å². The van der Waals surface area contributed by atoms with Gasteiger partial charge >= 0.3 is 12.1 Å². The molecule has 1 aliphatic rings. The van der Waals surface area contributed by atoms with E-state index in [1.54, 1.807) is 0 Å². The van der Waals surface area contributed by atoms with E-state index in [0.717, 1.165) is 39.3 Å². The van der Waals surface area contributed by atoms with Gasteiger partial charge in [0.05, 0.1) is 6.54 Å². The minimum atomic E-state index is -1.18. The number of benzene rings is 3. The summed E-state index contributed by atoms with van der Waals surface area (Å²) in [4.78, 5) is 25.0. The molecule has 0 fully saturated rings. The van der Waals surface area contributed by atoms with Gasteiger partial charge in [0, 0.05) is 17.0 Å². The second-order valence-electron chi connectivity index (χ2n) is 7.57. The summed E-state index contributed by atoms with van der Waals surface area (Å²) in [6, 6.07) is 19.6. The molecule has 1 amide bonds. The molecule has 0 unspecified atom stereocenters. The topological polar surface area (TPSA) is 76.1 Å². The average molecular weight is 470 g/mol. The largest absolute Gasteiger partial charge is 0.492 e. The van der Waals surface area contributed by atoms with E-state index in [4.69, 9.17) is 21.1 Å². The first kappa shape index (κ1) is 22.6. The molecule has 0 aliphatic heterocycles. The molecule has 33 heavy (non-hydrogen) atoms. The van der Waals surface area contributed by atoms with E-state index in [9.17, 15) is 19.1 Å². The second-order valence-corrected chi connectivity index (χ2v) is 8.01. The van der Waals surface area contributed by atoms with Crippen LogP contribution in [0.5, 0.6) is 5.75 Å². The summed E-state index contributed by atoms with van der Waals surface area (Å²) in [6.07, 6.45) is -0.764. The maximum Gasteiger partial charge on any atom is 0.410 e. The molecule has 0 bridgehead atoms. The van der Waals surface area contributed by atoms with Crippen LogP contribution >= 0.6 is 11.6 Å². The van der Waals surface area contributed by atoms with Crippen LogP contribution in [0.4, 0.5) is 9.18 Å². The van der Waals surface area contributed by atoms with E-state index >= 15 is 0 Å². The molecule has 3 aromatic rings. The number of aliphatic carboxylic acids is 1. The van der Waals surface area contributed by atoms with Crippen LogP contribution in [0.2, 0.25) is 5.02 Å². The van der Waals surface area contributed by atoms with Crippen molar-refractivity contribution >= 4 is 23.7 Å². The van der Waals surface area contributed by atoms with Crippen LogP contribution in [-0.2, 0) is 9.53 Å². The normalized spacial score (nSPS) is 12.1. The zero-order chi connectivity index (χ0) is 23.4. The summed E-state index contributed by atoms with van der Waals surface area (Å²) in [6.45, 7) is -0.596. The molecule has 8 heteroatoms. The van der Waals surface area contributed by atoms with Gasteiger partial charge in [-0.1, -0.05) is 60.1 Å². The van der Waals surface area contributed by atoms with E-state index < -0.39 is 24.4 Å². The molecule has 170 valence electrons. The fraction of sp³-hybridized carbons (Fsp3) is 0.200. The Kier molecular flexibility index (Phi) is 6.79. The highest BCUT2D eigenvalue weighted by Crippen LogP contribution is 2.44. The fourth-order valence-electron chi connectivity index (χ4n) is 3.97. The van der Waals surface area contributed by atoms with Gasteiger partial charge in [-0.25, -0.2) is 9.18 Å². The Hall–Kier alpha value is -3.58. The van der Waals surface area contributed by atoms with Crippen LogP contribution in [0.25, 0.3) is 11.1 Å². The van der Waals surface area contributed by atoms with Gasteiger partial charge in [-0.2, -0.15) is 0 Å². The van der Waals surface area contributed by atoms with E-state index in [0.29, 0.717) is 0 Å². The summed E-state index contributed by atoms with van der Waals surface area (Å²) < 4.78 is 24.4. The molecule has 1 aliphatic carbocycles. The number of rotatable bonds is 8. The van der Waals surface area contributed by atoms with Gasteiger partial charge in [-0.3, -0.25) is 9.69 Å². The molecule has 1 N–H and O–H groups in total. The third kappa shape index (κ3) is 5.26. The highest BCUT2D eigenvalue weighted by Gasteiger charge is 2.30. The van der Waals surface area contributed by atoms with E-state index in [2.05, 4.69) is 0 Å². The van der Waals surface area contributed by atoms with Crippen molar-refractivity contribution < 1.29 is 28.6 Å². The standard InChI is InChI=1S/C25H21ClFNO5/c26-16-11-17(27)13-18(12-16)32-10-9-28(14-24(29)30)25(31)33-15-23-21-7-3-1-5-19(21)20-6-2-4-8-22(20)23/h1-8,11-13,23H,9-10,14-15H2,(H,29,30). The molecular weight excluding hydrogens is 449 g/mol. The van der Waals surface area contributed by atoms with Gasteiger partial charge in [0.15, 0.2) is 0 Å². The number of halogens is 2. The molecular formula is C25H21ClFNO5. The maximum absolute atomic E-state index is 13.4. The van der Waals surface area contributed by atoms with Crippen molar-refractivity contribution in [3.05, 3.63) is 88.7 Å². The first-order chi connectivity index (χ1) is 15.9. The summed E-state index contributed by atoms with van der Waals surface area (Å²) in [5, 5.41) is 9.38. The van der Waals surface area contributed by atoms with Crippen molar-refractivity contribution in [2.75, 3.05) is 26.3 Å². The van der Waals surface area contributed by atoms with Crippen molar-refractivity contribution in [3.63, 3.8) is 0 Å². The minimum Gasteiger partial charge on any atom is -0.492 e. The van der Waals surface area contributed by atoms with Gasteiger partial charge in [0.1, 0.15) is 31.3 Å². The number of fused-ring (bicyclic) bond motifs is 3. The number of nitrogens with zero attached hydrogens (tertiary/aromatic N) is 1. The lowest BCUT2D eigenvalue weighted by Crippen LogP contribution is -2.39. The van der Waals surface area contributed by atoms with Crippen molar-refractivity contribution in [2.24, 2.45) is 0 Å². The van der Waals surface area contributed by atoms with Crippen LogP contribution in [0.3, 0.4) is 0 Å². The smallest absolute Gasteiger partial charge is 0.410 e. The lowest BCUT2D eigenvalue weighted by molar-refractivity contribution is -0.138. The van der Waals surface area contributed by atoms with Crippen LogP contribution in [0, 0.1) is 5.82 Å². The van der Waals surface area contributed by atoms with E-state index in [1.807, 2.05) is 48.5 Å². The van der Waals surface area contributed by atoms with Crippen molar-refractivity contribution in [1.82, 2.24) is 4.90 Å². The molecule has 4 rings (SSSR count). The molecule has 0 atom stereocenters. The molecule has 0 spiro atoms. The number of amides is 1. The highest BCUT2D eigenvalue weighted by molar-refractivity contribution is 6.30. The van der Waals surface area contributed by atoms with Gasteiger partial charge < -0.3 is 14.6 Å². The predicted molar refractivity (Wildman–Crippen MR) is 121 cm³/mol. The molecule has 0 heterocycles. The quantitative estimate of drug-likeness (QED) is 0.491. The Morgan fingerprint density at radius 3 is 2.24 bits per heavy atom. The zero-order valence-electron chi connectivity index (χ0n) is 17.5. The molecule has 0 aromatic heterocycles. The summed E-state index contributed by atoms with van der Waals surface area (Å²) >= 11 is 5.80. The minimum absolute atomic E-state index is 0.0583. The van der Waals surface area contributed by atoms with Crippen molar-refractivity contribution in [3.8, 4) is 16.9 Å². The predicted octanol–water partition coefficient (Wildman–Crippen LogP) is 5.19. The number of carboxylic acids is 1. The number of carbonyl (C=O) groups excluding carboxylic acids is 1.